The first-order chi connectivity index (χ1) is 9.19. The summed E-state index contributed by atoms with van der Waals surface area (Å²) >= 11 is 0. The average Bonchev–Trinajstić information content (AvgIpc) is 2.79. The Labute approximate surface area is 112 Å². The lowest BCUT2D eigenvalue weighted by Gasteiger charge is -2.23. The molecule has 2 N–H and O–H groups in total. The van der Waals surface area contributed by atoms with E-state index in [0.29, 0.717) is 12.2 Å². The lowest BCUT2D eigenvalue weighted by atomic mass is 9.85. The summed E-state index contributed by atoms with van der Waals surface area (Å²) in [6.45, 7) is 4.14. The SMILES string of the molecule is CCc1ccc([C@H]2CC(=O)Nc3n[nH]c(C)c32)cc1. The van der Waals surface area contributed by atoms with Gasteiger partial charge in [-0.25, -0.2) is 0 Å². The molecule has 0 bridgehead atoms. The Kier molecular flexibility index (Phi) is 2.85. The van der Waals surface area contributed by atoms with E-state index in [2.05, 4.69) is 46.7 Å². The summed E-state index contributed by atoms with van der Waals surface area (Å²) in [5, 5.41) is 9.94. The number of aromatic nitrogens is 2. The van der Waals surface area contributed by atoms with Crippen LogP contribution in [0.25, 0.3) is 0 Å². The van der Waals surface area contributed by atoms with Crippen molar-refractivity contribution in [2.45, 2.75) is 32.6 Å². The molecule has 0 spiro atoms. The van der Waals surface area contributed by atoms with Gasteiger partial charge in [0, 0.05) is 23.6 Å². The fourth-order valence-electron chi connectivity index (χ4n) is 2.70. The van der Waals surface area contributed by atoms with Crippen molar-refractivity contribution in [1.29, 1.82) is 0 Å². The Morgan fingerprint density at radius 1 is 1.32 bits per heavy atom. The molecule has 2 aromatic rings. The summed E-state index contributed by atoms with van der Waals surface area (Å²) in [4.78, 5) is 11.8. The molecular formula is C15H17N3O. The second-order valence-electron chi connectivity index (χ2n) is 5.01. The van der Waals surface area contributed by atoms with Gasteiger partial charge in [-0.3, -0.25) is 9.89 Å². The van der Waals surface area contributed by atoms with Gasteiger partial charge in [0.25, 0.3) is 0 Å². The van der Waals surface area contributed by atoms with Crippen molar-refractivity contribution >= 4 is 11.7 Å². The van der Waals surface area contributed by atoms with Crippen LogP contribution in [0.2, 0.25) is 0 Å². The highest BCUT2D eigenvalue weighted by molar-refractivity contribution is 5.94. The van der Waals surface area contributed by atoms with Gasteiger partial charge in [-0.2, -0.15) is 5.10 Å². The van der Waals surface area contributed by atoms with Crippen LogP contribution in [0.15, 0.2) is 24.3 Å². The number of hydrogen-bond donors (Lipinski definition) is 2. The van der Waals surface area contributed by atoms with Gasteiger partial charge < -0.3 is 5.32 Å². The van der Waals surface area contributed by atoms with E-state index in [1.54, 1.807) is 0 Å². The number of rotatable bonds is 2. The number of fused-ring (bicyclic) bond motifs is 1. The van der Waals surface area contributed by atoms with Gasteiger partial charge >= 0.3 is 0 Å². The summed E-state index contributed by atoms with van der Waals surface area (Å²) in [6.07, 6.45) is 1.51. The molecule has 0 unspecified atom stereocenters. The molecule has 1 aromatic carbocycles. The first-order valence-electron chi connectivity index (χ1n) is 6.62. The highest BCUT2D eigenvalue weighted by atomic mass is 16.1. The number of anilines is 1. The monoisotopic (exact) mass is 255 g/mol. The Morgan fingerprint density at radius 2 is 2.05 bits per heavy atom. The van der Waals surface area contributed by atoms with Gasteiger partial charge in [0.2, 0.25) is 5.91 Å². The summed E-state index contributed by atoms with van der Waals surface area (Å²) < 4.78 is 0. The number of hydrogen-bond acceptors (Lipinski definition) is 2. The molecule has 0 radical (unpaired) electrons. The van der Waals surface area contributed by atoms with Crippen LogP contribution in [0.1, 0.15) is 41.6 Å². The van der Waals surface area contributed by atoms with E-state index in [0.717, 1.165) is 17.7 Å². The van der Waals surface area contributed by atoms with Crippen LogP contribution in [-0.2, 0) is 11.2 Å². The third kappa shape index (κ3) is 2.03. The van der Waals surface area contributed by atoms with E-state index in [1.165, 1.54) is 11.1 Å². The molecule has 1 aromatic heterocycles. The van der Waals surface area contributed by atoms with Crippen molar-refractivity contribution in [3.05, 3.63) is 46.6 Å². The minimum Gasteiger partial charge on any atom is -0.309 e. The summed E-state index contributed by atoms with van der Waals surface area (Å²) in [5.41, 5.74) is 4.63. The molecule has 2 heterocycles. The summed E-state index contributed by atoms with van der Waals surface area (Å²) in [7, 11) is 0. The van der Waals surface area contributed by atoms with Crippen molar-refractivity contribution in [2.75, 3.05) is 5.32 Å². The van der Waals surface area contributed by atoms with Crippen LogP contribution in [-0.4, -0.2) is 16.1 Å². The number of carbonyl (C=O) groups is 1. The summed E-state index contributed by atoms with van der Waals surface area (Å²) in [6, 6.07) is 8.52. The van der Waals surface area contributed by atoms with Crippen LogP contribution in [0.4, 0.5) is 5.82 Å². The Balaban J connectivity index is 2.04. The number of nitrogens with one attached hydrogen (secondary N) is 2. The molecule has 4 nitrogen and oxygen atoms in total. The van der Waals surface area contributed by atoms with Crippen molar-refractivity contribution in [2.24, 2.45) is 0 Å². The standard InChI is InChI=1S/C15H17N3O/c1-3-10-4-6-11(7-5-10)12-8-13(19)16-15-14(12)9(2)17-18-15/h4-7,12H,3,8H2,1-2H3,(H2,16,17,18,19)/t12-/m1/s1. The molecule has 1 aliphatic heterocycles. The number of carbonyl (C=O) groups excluding carboxylic acids is 1. The molecular weight excluding hydrogens is 238 g/mol. The molecule has 1 aliphatic rings. The highest BCUT2D eigenvalue weighted by Crippen LogP contribution is 2.37. The lowest BCUT2D eigenvalue weighted by molar-refractivity contribution is -0.116. The minimum absolute atomic E-state index is 0.0311. The van der Waals surface area contributed by atoms with Gasteiger partial charge in [0.1, 0.15) is 0 Å². The van der Waals surface area contributed by atoms with Gasteiger partial charge in [0.15, 0.2) is 5.82 Å². The quantitative estimate of drug-likeness (QED) is 0.867. The Hall–Kier alpha value is -2.10. The number of nitrogens with zero attached hydrogens (tertiary/aromatic N) is 1. The zero-order valence-corrected chi connectivity index (χ0v) is 11.2. The van der Waals surface area contributed by atoms with E-state index in [9.17, 15) is 4.79 Å². The highest BCUT2D eigenvalue weighted by Gasteiger charge is 2.30. The molecule has 98 valence electrons. The largest absolute Gasteiger partial charge is 0.309 e. The fraction of sp³-hybridized carbons (Fsp3) is 0.333. The minimum atomic E-state index is 0.0311. The molecule has 0 saturated carbocycles. The van der Waals surface area contributed by atoms with Crippen LogP contribution in [0.5, 0.6) is 0 Å². The van der Waals surface area contributed by atoms with Crippen molar-refractivity contribution < 1.29 is 4.79 Å². The van der Waals surface area contributed by atoms with Gasteiger partial charge in [-0.1, -0.05) is 31.2 Å². The first kappa shape index (κ1) is 12.0. The topological polar surface area (TPSA) is 57.8 Å². The lowest BCUT2D eigenvalue weighted by Crippen LogP contribution is -2.23. The number of aryl methyl sites for hydroxylation is 2. The van der Waals surface area contributed by atoms with Crippen LogP contribution >= 0.6 is 0 Å². The molecule has 0 saturated heterocycles. The smallest absolute Gasteiger partial charge is 0.226 e. The third-order valence-corrected chi connectivity index (χ3v) is 3.78. The van der Waals surface area contributed by atoms with E-state index < -0.39 is 0 Å². The molecule has 0 aliphatic carbocycles. The fourth-order valence-corrected chi connectivity index (χ4v) is 2.70. The van der Waals surface area contributed by atoms with Crippen LogP contribution in [0.3, 0.4) is 0 Å². The Morgan fingerprint density at radius 3 is 2.74 bits per heavy atom. The first-order valence-corrected chi connectivity index (χ1v) is 6.62. The Bertz CT molecular complexity index is 613. The predicted molar refractivity (Wildman–Crippen MR) is 74.2 cm³/mol. The van der Waals surface area contributed by atoms with E-state index in [1.807, 2.05) is 6.92 Å². The van der Waals surface area contributed by atoms with E-state index in [-0.39, 0.29) is 11.8 Å². The maximum absolute atomic E-state index is 11.8. The number of H-pyrrole nitrogens is 1. The van der Waals surface area contributed by atoms with E-state index >= 15 is 0 Å². The normalized spacial score (nSPS) is 18.0. The average molecular weight is 255 g/mol. The molecule has 4 heteroatoms. The molecule has 1 amide bonds. The van der Waals surface area contributed by atoms with Gasteiger partial charge in [0.05, 0.1) is 0 Å². The third-order valence-electron chi connectivity index (χ3n) is 3.78. The number of benzene rings is 1. The zero-order valence-electron chi connectivity index (χ0n) is 11.2. The molecule has 1 atom stereocenters. The maximum Gasteiger partial charge on any atom is 0.226 e. The molecule has 19 heavy (non-hydrogen) atoms. The predicted octanol–water partition coefficient (Wildman–Crippen LogP) is 2.75. The molecule has 3 rings (SSSR count). The number of aromatic amines is 1. The maximum atomic E-state index is 11.8. The van der Waals surface area contributed by atoms with Crippen molar-refractivity contribution in [1.82, 2.24) is 10.2 Å². The van der Waals surface area contributed by atoms with Gasteiger partial charge in [-0.05, 0) is 24.5 Å². The van der Waals surface area contributed by atoms with Crippen molar-refractivity contribution in [3.63, 3.8) is 0 Å². The van der Waals surface area contributed by atoms with Crippen LogP contribution in [0, 0.1) is 6.92 Å². The second-order valence-corrected chi connectivity index (χ2v) is 5.01. The van der Waals surface area contributed by atoms with Gasteiger partial charge in [-0.15, -0.1) is 0 Å². The second kappa shape index (κ2) is 4.53. The number of amides is 1. The van der Waals surface area contributed by atoms with Crippen molar-refractivity contribution in [3.8, 4) is 0 Å². The van der Waals surface area contributed by atoms with E-state index in [4.69, 9.17) is 0 Å². The van der Waals surface area contributed by atoms with Crippen LogP contribution < -0.4 is 5.32 Å². The summed E-state index contributed by atoms with van der Waals surface area (Å²) in [5.74, 6) is 0.815. The zero-order chi connectivity index (χ0) is 13.4. The molecule has 0 fully saturated rings.